The van der Waals surface area contributed by atoms with Crippen molar-refractivity contribution >= 4 is 28.0 Å². The van der Waals surface area contributed by atoms with Crippen LogP contribution < -0.4 is 10.9 Å². The van der Waals surface area contributed by atoms with Crippen molar-refractivity contribution in [1.82, 2.24) is 15.1 Å². The minimum absolute atomic E-state index is 0.0899. The number of fused-ring (bicyclic) bond motifs is 1. The predicted octanol–water partition coefficient (Wildman–Crippen LogP) is 3.87. The highest BCUT2D eigenvalue weighted by molar-refractivity contribution is 7.13. The Morgan fingerprint density at radius 3 is 2.48 bits per heavy atom. The number of benzene rings is 2. The zero-order valence-electron chi connectivity index (χ0n) is 15.9. The number of nitrogens with one attached hydrogen (secondary N) is 1. The normalized spacial score (nSPS) is 10.9. The molecular formula is C23H21N3O2S. The number of hydrogen-bond acceptors (Lipinski definition) is 4. The van der Waals surface area contributed by atoms with E-state index >= 15 is 0 Å². The summed E-state index contributed by atoms with van der Waals surface area (Å²) in [6.45, 7) is 0.473. The van der Waals surface area contributed by atoms with E-state index in [0.717, 1.165) is 28.8 Å². The molecule has 0 saturated heterocycles. The van der Waals surface area contributed by atoms with Gasteiger partial charge in [-0.1, -0.05) is 54.6 Å². The maximum atomic E-state index is 12.8. The van der Waals surface area contributed by atoms with Crippen molar-refractivity contribution in [2.24, 2.45) is 0 Å². The molecule has 0 spiro atoms. The van der Waals surface area contributed by atoms with Crippen molar-refractivity contribution in [3.05, 3.63) is 88.0 Å². The molecule has 0 radical (unpaired) electrons. The van der Waals surface area contributed by atoms with E-state index in [0.29, 0.717) is 11.9 Å². The average molecular weight is 404 g/mol. The first-order valence-electron chi connectivity index (χ1n) is 9.57. The highest BCUT2D eigenvalue weighted by Crippen LogP contribution is 2.28. The minimum Gasteiger partial charge on any atom is -0.354 e. The average Bonchev–Trinajstić information content (AvgIpc) is 3.29. The molecule has 0 atom stereocenters. The van der Waals surface area contributed by atoms with Crippen LogP contribution in [0.25, 0.3) is 21.3 Å². The highest BCUT2D eigenvalue weighted by Gasteiger charge is 2.14. The molecule has 4 rings (SSSR count). The molecule has 5 nitrogen and oxygen atoms in total. The van der Waals surface area contributed by atoms with E-state index in [1.54, 1.807) is 17.4 Å². The lowest BCUT2D eigenvalue weighted by atomic mass is 10.1. The van der Waals surface area contributed by atoms with Gasteiger partial charge in [-0.3, -0.25) is 9.59 Å². The predicted molar refractivity (Wildman–Crippen MR) is 117 cm³/mol. The van der Waals surface area contributed by atoms with Gasteiger partial charge in [0, 0.05) is 11.9 Å². The van der Waals surface area contributed by atoms with Crippen LogP contribution in [0.1, 0.15) is 12.0 Å². The lowest BCUT2D eigenvalue weighted by molar-refractivity contribution is -0.121. The number of aromatic nitrogens is 2. The van der Waals surface area contributed by atoms with Crippen LogP contribution in [0.15, 0.2) is 76.9 Å². The molecule has 0 saturated carbocycles. The monoisotopic (exact) mass is 403 g/mol. The zero-order chi connectivity index (χ0) is 20.1. The van der Waals surface area contributed by atoms with Crippen molar-refractivity contribution in [2.45, 2.75) is 19.4 Å². The van der Waals surface area contributed by atoms with Gasteiger partial charge in [-0.25, -0.2) is 4.68 Å². The fourth-order valence-corrected chi connectivity index (χ4v) is 4.02. The van der Waals surface area contributed by atoms with Crippen LogP contribution in [0.2, 0.25) is 0 Å². The first-order valence-corrected chi connectivity index (χ1v) is 10.4. The maximum Gasteiger partial charge on any atom is 0.275 e. The second kappa shape index (κ2) is 8.84. The SMILES string of the molecule is O=C(Cn1nc(-c2cccs2)c2ccccc2c1=O)NCCCc1ccccc1. The largest absolute Gasteiger partial charge is 0.354 e. The molecule has 1 amide bonds. The summed E-state index contributed by atoms with van der Waals surface area (Å²) < 4.78 is 1.27. The molecule has 1 N–H and O–H groups in total. The first kappa shape index (κ1) is 19.1. The third kappa shape index (κ3) is 4.43. The summed E-state index contributed by atoms with van der Waals surface area (Å²) in [7, 11) is 0. The van der Waals surface area contributed by atoms with E-state index in [9.17, 15) is 9.59 Å². The summed E-state index contributed by atoms with van der Waals surface area (Å²) in [6, 6.07) is 21.5. The van der Waals surface area contributed by atoms with E-state index in [4.69, 9.17) is 0 Å². The number of carbonyl (C=O) groups is 1. The van der Waals surface area contributed by atoms with Gasteiger partial charge in [-0.2, -0.15) is 5.10 Å². The third-order valence-electron chi connectivity index (χ3n) is 4.72. The van der Waals surface area contributed by atoms with Crippen LogP contribution in [-0.2, 0) is 17.8 Å². The molecule has 0 aliphatic rings. The fourth-order valence-electron chi connectivity index (χ4n) is 3.29. The quantitative estimate of drug-likeness (QED) is 0.477. The van der Waals surface area contributed by atoms with Gasteiger partial charge in [0.2, 0.25) is 5.91 Å². The van der Waals surface area contributed by atoms with Crippen molar-refractivity contribution < 1.29 is 4.79 Å². The van der Waals surface area contributed by atoms with Gasteiger partial charge in [0.15, 0.2) is 0 Å². The standard InChI is InChI=1S/C23H21N3O2S/c27-21(24-14-6-10-17-8-2-1-3-9-17)16-26-23(28)19-12-5-4-11-18(19)22(25-26)20-13-7-15-29-20/h1-5,7-9,11-13,15H,6,10,14,16H2,(H,24,27). The summed E-state index contributed by atoms with van der Waals surface area (Å²) in [5.74, 6) is -0.208. The van der Waals surface area contributed by atoms with Crippen molar-refractivity contribution in [3.8, 4) is 10.6 Å². The van der Waals surface area contributed by atoms with Crippen LogP contribution in [0.3, 0.4) is 0 Å². The van der Waals surface area contributed by atoms with Crippen molar-refractivity contribution in [1.29, 1.82) is 0 Å². The van der Waals surface area contributed by atoms with E-state index in [1.165, 1.54) is 10.2 Å². The van der Waals surface area contributed by atoms with E-state index in [-0.39, 0.29) is 18.0 Å². The first-order chi connectivity index (χ1) is 14.2. The Labute approximate surface area is 172 Å². The number of nitrogens with zero attached hydrogens (tertiary/aromatic N) is 2. The molecule has 2 aromatic carbocycles. The Balaban J connectivity index is 1.48. The van der Waals surface area contributed by atoms with Gasteiger partial charge < -0.3 is 5.32 Å². The summed E-state index contributed by atoms with van der Waals surface area (Å²) >= 11 is 1.56. The number of rotatable bonds is 7. The van der Waals surface area contributed by atoms with Crippen LogP contribution in [0, 0.1) is 0 Å². The van der Waals surface area contributed by atoms with Crippen LogP contribution >= 0.6 is 11.3 Å². The van der Waals surface area contributed by atoms with Gasteiger partial charge in [0.1, 0.15) is 12.2 Å². The van der Waals surface area contributed by atoms with E-state index in [2.05, 4.69) is 22.5 Å². The molecule has 2 heterocycles. The lowest BCUT2D eigenvalue weighted by Crippen LogP contribution is -2.34. The van der Waals surface area contributed by atoms with Crippen molar-refractivity contribution in [3.63, 3.8) is 0 Å². The highest BCUT2D eigenvalue weighted by atomic mass is 32.1. The number of hydrogen-bond donors (Lipinski definition) is 1. The van der Waals surface area contributed by atoms with Gasteiger partial charge in [0.05, 0.1) is 10.3 Å². The van der Waals surface area contributed by atoms with Gasteiger partial charge in [-0.05, 0) is 35.9 Å². The number of thiophene rings is 1. The summed E-state index contributed by atoms with van der Waals surface area (Å²) in [5, 5.41) is 10.8. The Kier molecular flexibility index (Phi) is 5.81. The summed E-state index contributed by atoms with van der Waals surface area (Å²) in [4.78, 5) is 26.2. The number of amides is 1. The van der Waals surface area contributed by atoms with Gasteiger partial charge >= 0.3 is 0 Å². The molecule has 29 heavy (non-hydrogen) atoms. The van der Waals surface area contributed by atoms with Crippen LogP contribution in [-0.4, -0.2) is 22.2 Å². The smallest absolute Gasteiger partial charge is 0.275 e. The molecule has 6 heteroatoms. The third-order valence-corrected chi connectivity index (χ3v) is 5.60. The minimum atomic E-state index is -0.250. The summed E-state index contributed by atoms with van der Waals surface area (Å²) in [5.41, 5.74) is 1.72. The second-order valence-electron chi connectivity index (χ2n) is 6.77. The van der Waals surface area contributed by atoms with Gasteiger partial charge in [-0.15, -0.1) is 11.3 Å². The molecule has 0 aliphatic heterocycles. The second-order valence-corrected chi connectivity index (χ2v) is 7.72. The topological polar surface area (TPSA) is 64.0 Å². The Bertz CT molecular complexity index is 1170. The van der Waals surface area contributed by atoms with Crippen LogP contribution in [0.5, 0.6) is 0 Å². The van der Waals surface area contributed by atoms with Gasteiger partial charge in [0.25, 0.3) is 5.56 Å². The lowest BCUT2D eigenvalue weighted by Gasteiger charge is -2.10. The molecule has 0 aliphatic carbocycles. The van der Waals surface area contributed by atoms with Crippen molar-refractivity contribution in [2.75, 3.05) is 6.54 Å². The molecule has 0 unspecified atom stereocenters. The maximum absolute atomic E-state index is 12.8. The Morgan fingerprint density at radius 1 is 0.966 bits per heavy atom. The zero-order valence-corrected chi connectivity index (χ0v) is 16.7. The molecule has 146 valence electrons. The van der Waals surface area contributed by atoms with E-state index in [1.807, 2.05) is 53.9 Å². The number of carbonyl (C=O) groups excluding carboxylic acids is 1. The van der Waals surface area contributed by atoms with E-state index < -0.39 is 0 Å². The summed E-state index contributed by atoms with van der Waals surface area (Å²) in [6.07, 6.45) is 1.74. The molecule has 2 aromatic heterocycles. The molecule has 0 bridgehead atoms. The molecule has 4 aromatic rings. The molecular weight excluding hydrogens is 382 g/mol. The van der Waals surface area contributed by atoms with Crippen LogP contribution in [0.4, 0.5) is 0 Å². The number of aryl methyl sites for hydroxylation is 1. The molecule has 0 fully saturated rings. The Morgan fingerprint density at radius 2 is 1.72 bits per heavy atom. The Hall–Kier alpha value is -3.25. The fraction of sp³-hybridized carbons (Fsp3) is 0.174.